The van der Waals surface area contributed by atoms with Crippen molar-refractivity contribution in [2.24, 2.45) is 5.73 Å². The number of pyridine rings is 1. The van der Waals surface area contributed by atoms with Crippen LogP contribution in [-0.4, -0.2) is 23.4 Å². The van der Waals surface area contributed by atoms with Crippen LogP contribution in [0.3, 0.4) is 0 Å². The van der Waals surface area contributed by atoms with Crippen molar-refractivity contribution < 1.29 is 12.8 Å². The van der Waals surface area contributed by atoms with E-state index >= 15 is 0 Å². The molecule has 7 nitrogen and oxygen atoms in total. The molecule has 0 radical (unpaired) electrons. The minimum atomic E-state index is -3.70. The summed E-state index contributed by atoms with van der Waals surface area (Å²) in [5, 5.41) is 0. The molecule has 0 fully saturated rings. The van der Waals surface area contributed by atoms with Crippen LogP contribution in [0.4, 0.5) is 0 Å². The maximum atomic E-state index is 12.1. The number of hydrogen-bond donors (Lipinski definition) is 2. The van der Waals surface area contributed by atoms with E-state index in [1.54, 1.807) is 13.8 Å². The predicted octanol–water partition coefficient (Wildman–Crippen LogP) is 0.799. The lowest BCUT2D eigenvalue weighted by Crippen LogP contribution is -2.24. The first-order chi connectivity index (χ1) is 9.79. The maximum Gasteiger partial charge on any atom is 0.242 e. The molecule has 21 heavy (non-hydrogen) atoms. The Morgan fingerprint density at radius 1 is 1.43 bits per heavy atom. The average Bonchev–Trinajstić information content (AvgIpc) is 2.76. The van der Waals surface area contributed by atoms with Crippen LogP contribution in [0, 0.1) is 13.8 Å². The second-order valence-electron chi connectivity index (χ2n) is 4.32. The topological polar surface area (TPSA) is 111 Å². The third kappa shape index (κ3) is 3.63. The van der Waals surface area contributed by atoms with E-state index in [4.69, 9.17) is 22.4 Å². The van der Waals surface area contributed by atoms with Crippen LogP contribution in [-0.2, 0) is 16.6 Å². The van der Waals surface area contributed by atoms with Crippen LogP contribution >= 0.6 is 12.2 Å². The maximum absolute atomic E-state index is 12.1. The molecular weight excluding hydrogens is 312 g/mol. The van der Waals surface area contributed by atoms with Gasteiger partial charge in [-0.25, -0.2) is 18.1 Å². The van der Waals surface area contributed by atoms with Gasteiger partial charge < -0.3 is 10.2 Å². The Morgan fingerprint density at radius 3 is 2.62 bits per heavy atom. The molecule has 2 rings (SSSR count). The van der Waals surface area contributed by atoms with Crippen LogP contribution in [0.2, 0.25) is 0 Å². The van der Waals surface area contributed by atoms with E-state index < -0.39 is 10.0 Å². The summed E-state index contributed by atoms with van der Waals surface area (Å²) in [5.74, 6) is 0.966. The third-order valence-corrected chi connectivity index (χ3v) is 4.38. The van der Waals surface area contributed by atoms with Gasteiger partial charge in [0, 0.05) is 6.20 Å². The zero-order valence-electron chi connectivity index (χ0n) is 11.5. The first kappa shape index (κ1) is 15.5. The number of nitrogens with one attached hydrogen (secondary N) is 1. The van der Waals surface area contributed by atoms with Crippen molar-refractivity contribution in [3.8, 4) is 0 Å². The van der Waals surface area contributed by atoms with Gasteiger partial charge in [0.1, 0.15) is 15.6 Å². The Balaban J connectivity index is 2.12. The molecule has 3 N–H and O–H groups in total. The molecule has 0 unspecified atom stereocenters. The van der Waals surface area contributed by atoms with Gasteiger partial charge in [0.15, 0.2) is 0 Å². The first-order valence-electron chi connectivity index (χ1n) is 5.98. The normalized spacial score (nSPS) is 11.5. The van der Waals surface area contributed by atoms with Crippen LogP contribution < -0.4 is 10.5 Å². The Hall–Kier alpha value is -1.84. The van der Waals surface area contributed by atoms with Crippen molar-refractivity contribution in [2.45, 2.75) is 25.3 Å². The smallest absolute Gasteiger partial charge is 0.242 e. The summed E-state index contributed by atoms with van der Waals surface area (Å²) >= 11 is 4.76. The number of hydrogen-bond acceptors (Lipinski definition) is 6. The summed E-state index contributed by atoms with van der Waals surface area (Å²) in [7, 11) is -3.70. The fraction of sp³-hybridized carbons (Fsp3) is 0.250. The zero-order chi connectivity index (χ0) is 15.6. The Labute approximate surface area is 127 Å². The van der Waals surface area contributed by atoms with E-state index in [0.717, 1.165) is 5.69 Å². The molecule has 0 bridgehead atoms. The molecule has 112 valence electrons. The van der Waals surface area contributed by atoms with E-state index in [1.165, 1.54) is 18.3 Å². The molecule has 0 aliphatic carbocycles. The van der Waals surface area contributed by atoms with Crippen molar-refractivity contribution in [2.75, 3.05) is 0 Å². The highest BCUT2D eigenvalue weighted by atomic mass is 32.2. The average molecular weight is 326 g/mol. The molecule has 9 heteroatoms. The molecule has 0 aromatic carbocycles. The number of aromatic nitrogens is 2. The Bertz CT molecular complexity index is 747. The van der Waals surface area contributed by atoms with Gasteiger partial charge in [0.05, 0.1) is 17.9 Å². The predicted molar refractivity (Wildman–Crippen MR) is 80.1 cm³/mol. The molecule has 2 aromatic rings. The van der Waals surface area contributed by atoms with Gasteiger partial charge in [0.2, 0.25) is 15.9 Å². The Morgan fingerprint density at radius 2 is 2.14 bits per heavy atom. The van der Waals surface area contributed by atoms with Crippen LogP contribution in [0.1, 0.15) is 23.0 Å². The largest absolute Gasteiger partial charge is 0.444 e. The molecule has 0 saturated heterocycles. The highest BCUT2D eigenvalue weighted by Crippen LogP contribution is 2.11. The van der Waals surface area contributed by atoms with Gasteiger partial charge >= 0.3 is 0 Å². The lowest BCUT2D eigenvalue weighted by atomic mass is 10.3. The lowest BCUT2D eigenvalue weighted by molar-refractivity contribution is 0.463. The van der Waals surface area contributed by atoms with Gasteiger partial charge in [-0.1, -0.05) is 12.2 Å². The number of rotatable bonds is 5. The fourth-order valence-corrected chi connectivity index (χ4v) is 2.58. The summed E-state index contributed by atoms with van der Waals surface area (Å²) in [6.07, 6.45) is 1.20. The summed E-state index contributed by atoms with van der Waals surface area (Å²) in [6, 6.07) is 2.84. The standard InChI is InChI=1S/C12H14N4O3S2/c1-7-8(2)19-11(16-7)6-15-21(17,18)9-3-4-10(12(13)20)14-5-9/h3-5,15H,6H2,1-2H3,(H2,13,20). The van der Waals surface area contributed by atoms with Crippen molar-refractivity contribution in [1.82, 2.24) is 14.7 Å². The SMILES string of the molecule is Cc1nc(CNS(=O)(=O)c2ccc(C(N)=S)nc2)oc1C. The quantitative estimate of drug-likeness (QED) is 0.782. The van der Waals surface area contributed by atoms with Gasteiger partial charge in [-0.3, -0.25) is 4.98 Å². The second-order valence-corrected chi connectivity index (χ2v) is 6.52. The van der Waals surface area contributed by atoms with Crippen molar-refractivity contribution >= 4 is 27.2 Å². The monoisotopic (exact) mass is 326 g/mol. The molecule has 0 atom stereocenters. The summed E-state index contributed by atoms with van der Waals surface area (Å²) in [6.45, 7) is 3.52. The second kappa shape index (κ2) is 5.88. The summed E-state index contributed by atoms with van der Waals surface area (Å²) in [4.78, 5) is 8.12. The first-order valence-corrected chi connectivity index (χ1v) is 7.87. The van der Waals surface area contributed by atoms with E-state index in [2.05, 4.69) is 14.7 Å². The fourth-order valence-electron chi connectivity index (χ4n) is 1.54. The summed E-state index contributed by atoms with van der Waals surface area (Å²) < 4.78 is 31.9. The molecular formula is C12H14N4O3S2. The molecule has 0 amide bonds. The van der Waals surface area contributed by atoms with Gasteiger partial charge in [-0.15, -0.1) is 0 Å². The van der Waals surface area contributed by atoms with Gasteiger partial charge in [-0.05, 0) is 26.0 Å². The number of aryl methyl sites for hydroxylation is 2. The number of nitrogens with two attached hydrogens (primary N) is 1. The molecule has 0 aliphatic rings. The van der Waals surface area contributed by atoms with Crippen LogP contribution in [0.5, 0.6) is 0 Å². The number of nitrogens with zero attached hydrogens (tertiary/aromatic N) is 2. The number of sulfonamides is 1. The van der Waals surface area contributed by atoms with Gasteiger partial charge in [-0.2, -0.15) is 0 Å². The highest BCUT2D eigenvalue weighted by molar-refractivity contribution is 7.89. The van der Waals surface area contributed by atoms with E-state index in [-0.39, 0.29) is 16.4 Å². The molecule has 0 aliphatic heterocycles. The van der Waals surface area contributed by atoms with Crippen molar-refractivity contribution in [3.05, 3.63) is 41.4 Å². The number of thiocarbonyl (C=S) groups is 1. The van der Waals surface area contributed by atoms with Crippen molar-refractivity contribution in [3.63, 3.8) is 0 Å². The van der Waals surface area contributed by atoms with E-state index in [1.807, 2.05) is 0 Å². The number of oxazole rings is 1. The third-order valence-electron chi connectivity index (χ3n) is 2.79. The van der Waals surface area contributed by atoms with Gasteiger partial charge in [0.25, 0.3) is 0 Å². The zero-order valence-corrected chi connectivity index (χ0v) is 13.1. The van der Waals surface area contributed by atoms with Crippen LogP contribution in [0.25, 0.3) is 0 Å². The van der Waals surface area contributed by atoms with Crippen LogP contribution in [0.15, 0.2) is 27.6 Å². The van der Waals surface area contributed by atoms with E-state index in [0.29, 0.717) is 17.3 Å². The highest BCUT2D eigenvalue weighted by Gasteiger charge is 2.16. The summed E-state index contributed by atoms with van der Waals surface area (Å²) in [5.41, 5.74) is 6.50. The minimum absolute atomic E-state index is 0.0162. The minimum Gasteiger partial charge on any atom is -0.444 e. The molecule has 2 aromatic heterocycles. The molecule has 2 heterocycles. The van der Waals surface area contributed by atoms with E-state index in [9.17, 15) is 8.42 Å². The Kier molecular flexibility index (Phi) is 4.35. The van der Waals surface area contributed by atoms with Crippen molar-refractivity contribution in [1.29, 1.82) is 0 Å². The lowest BCUT2D eigenvalue weighted by Gasteiger charge is -2.05. The molecule has 0 saturated carbocycles. The molecule has 0 spiro atoms.